The van der Waals surface area contributed by atoms with Crippen molar-refractivity contribution in [2.45, 2.75) is 68.2 Å². The van der Waals surface area contributed by atoms with E-state index >= 15 is 0 Å². The number of carbonyl (C=O) groups is 1. The zero-order valence-corrected chi connectivity index (χ0v) is 22.5. The third-order valence-corrected chi connectivity index (χ3v) is 9.49. The van der Waals surface area contributed by atoms with E-state index in [9.17, 15) is 22.0 Å². The smallest absolute Gasteiger partial charge is 0.410 e. The fraction of sp³-hybridized carbons (Fsp3) is 0.379. The van der Waals surface area contributed by atoms with E-state index in [0.29, 0.717) is 50.8 Å². The van der Waals surface area contributed by atoms with Crippen molar-refractivity contribution in [1.29, 1.82) is 0 Å². The molecule has 2 aliphatic rings. The van der Waals surface area contributed by atoms with Crippen LogP contribution < -0.4 is 0 Å². The Hall–Kier alpha value is -3.37. The highest BCUT2D eigenvalue weighted by Crippen LogP contribution is 2.52. The van der Waals surface area contributed by atoms with Crippen LogP contribution >= 0.6 is 0 Å². The third kappa shape index (κ3) is 5.67. The lowest BCUT2D eigenvalue weighted by Gasteiger charge is -2.44. The van der Waals surface area contributed by atoms with Gasteiger partial charge in [-0.1, -0.05) is 18.2 Å². The predicted octanol–water partition coefficient (Wildman–Crippen LogP) is 5.84. The van der Waals surface area contributed by atoms with Crippen molar-refractivity contribution in [3.05, 3.63) is 95.8 Å². The molecule has 1 aliphatic heterocycles. The topological polar surface area (TPSA) is 79.8 Å². The Morgan fingerprint density at radius 1 is 1.05 bits per heavy atom. The minimum atomic E-state index is -4.24. The zero-order chi connectivity index (χ0) is 27.6. The van der Waals surface area contributed by atoms with Gasteiger partial charge >= 0.3 is 6.09 Å². The average molecular weight is 556 g/mol. The second-order valence-corrected chi connectivity index (χ2v) is 12.0. The average Bonchev–Trinajstić information content (AvgIpc) is 3.72. The van der Waals surface area contributed by atoms with Crippen LogP contribution in [0.2, 0.25) is 0 Å². The Kier molecular flexibility index (Phi) is 7.68. The number of nitrogens with zero attached hydrogens (tertiary/aromatic N) is 3. The van der Waals surface area contributed by atoms with Gasteiger partial charge in [0.2, 0.25) is 10.0 Å². The number of hydrogen-bond donors (Lipinski definition) is 0. The maximum Gasteiger partial charge on any atom is 0.410 e. The number of halogens is 2. The van der Waals surface area contributed by atoms with E-state index < -0.39 is 45.4 Å². The summed E-state index contributed by atoms with van der Waals surface area (Å²) in [5, 5.41) is 0. The second kappa shape index (κ2) is 11.0. The Labute approximate surface area is 227 Å². The molecule has 2 fully saturated rings. The minimum absolute atomic E-state index is 0.189. The molecule has 0 unspecified atom stereocenters. The lowest BCUT2D eigenvalue weighted by molar-refractivity contribution is -0.00897. The van der Waals surface area contributed by atoms with Gasteiger partial charge in [-0.25, -0.2) is 22.0 Å². The SMILES string of the molecule is CCN(Cc1ccncc1)C(=O)OC1([C@H]2CCC[C@@H](c3cccc(F)c3)N2S(=O)(=O)c2cccc(F)c2)CC1. The van der Waals surface area contributed by atoms with Gasteiger partial charge in [-0.05, 0) is 92.6 Å². The van der Waals surface area contributed by atoms with E-state index in [-0.39, 0.29) is 4.90 Å². The van der Waals surface area contributed by atoms with Gasteiger partial charge in [-0.3, -0.25) is 4.98 Å². The molecule has 1 saturated heterocycles. The van der Waals surface area contributed by atoms with Crippen LogP contribution in [0.4, 0.5) is 13.6 Å². The first-order chi connectivity index (χ1) is 18.7. The van der Waals surface area contributed by atoms with Crippen molar-refractivity contribution in [2.24, 2.45) is 0 Å². The lowest BCUT2D eigenvalue weighted by Crippen LogP contribution is -2.54. The minimum Gasteiger partial charge on any atom is -0.441 e. The Morgan fingerprint density at radius 3 is 2.38 bits per heavy atom. The second-order valence-electron chi connectivity index (χ2n) is 10.1. The van der Waals surface area contributed by atoms with E-state index in [2.05, 4.69) is 4.98 Å². The number of benzene rings is 2. The first kappa shape index (κ1) is 27.2. The van der Waals surface area contributed by atoms with Crippen LogP contribution in [0.3, 0.4) is 0 Å². The monoisotopic (exact) mass is 555 g/mol. The molecule has 3 aromatic rings. The number of hydrogen-bond acceptors (Lipinski definition) is 5. The highest BCUT2D eigenvalue weighted by molar-refractivity contribution is 7.89. The van der Waals surface area contributed by atoms with Gasteiger partial charge in [0, 0.05) is 25.5 Å². The summed E-state index contributed by atoms with van der Waals surface area (Å²) in [6.07, 6.45) is 5.37. The van der Waals surface area contributed by atoms with Crippen molar-refractivity contribution in [1.82, 2.24) is 14.2 Å². The number of aromatic nitrogens is 1. The van der Waals surface area contributed by atoms with E-state index in [0.717, 1.165) is 11.6 Å². The summed E-state index contributed by atoms with van der Waals surface area (Å²) in [4.78, 5) is 18.7. The number of carbonyl (C=O) groups excluding carboxylic acids is 1. The van der Waals surface area contributed by atoms with Crippen molar-refractivity contribution >= 4 is 16.1 Å². The number of ether oxygens (including phenoxy) is 1. The standard InChI is InChI=1S/C29H31F2N3O4S/c1-2-33(20-21-12-16-32-17-13-21)28(35)38-29(14-15-29)27-11-5-10-26(22-6-3-7-23(30)18-22)34(27)39(36,37)25-9-4-8-24(31)19-25/h3-4,6-9,12-13,16-19,26-27H,2,5,10-11,14-15,20H2,1H3/t26-,27+/m0/s1. The molecule has 1 saturated carbocycles. The van der Waals surface area contributed by atoms with Crippen LogP contribution in [0.5, 0.6) is 0 Å². The van der Waals surface area contributed by atoms with Crippen molar-refractivity contribution < 1.29 is 26.7 Å². The molecule has 206 valence electrons. The van der Waals surface area contributed by atoms with Gasteiger partial charge in [0.15, 0.2) is 0 Å². The molecule has 39 heavy (non-hydrogen) atoms. The first-order valence-corrected chi connectivity index (χ1v) is 14.6. The Balaban J connectivity index is 1.49. The predicted molar refractivity (Wildman–Crippen MR) is 141 cm³/mol. The molecule has 0 spiro atoms. The molecule has 7 nitrogen and oxygen atoms in total. The largest absolute Gasteiger partial charge is 0.441 e. The summed E-state index contributed by atoms with van der Waals surface area (Å²) >= 11 is 0. The van der Waals surface area contributed by atoms with E-state index in [1.165, 1.54) is 34.6 Å². The van der Waals surface area contributed by atoms with Gasteiger partial charge < -0.3 is 9.64 Å². The molecule has 2 aromatic carbocycles. The summed E-state index contributed by atoms with van der Waals surface area (Å²) in [5.41, 5.74) is 0.386. The van der Waals surface area contributed by atoms with Gasteiger partial charge in [0.25, 0.3) is 0 Å². The Bertz CT molecular complexity index is 1430. The molecule has 0 N–H and O–H groups in total. The third-order valence-electron chi connectivity index (χ3n) is 7.58. The molecule has 2 atom stereocenters. The van der Waals surface area contributed by atoms with Crippen molar-refractivity contribution in [3.8, 4) is 0 Å². The van der Waals surface area contributed by atoms with Crippen molar-refractivity contribution in [2.75, 3.05) is 6.54 Å². The van der Waals surface area contributed by atoms with Gasteiger partial charge in [-0.2, -0.15) is 4.31 Å². The van der Waals surface area contributed by atoms with Crippen LogP contribution in [0.1, 0.15) is 56.2 Å². The summed E-state index contributed by atoms with van der Waals surface area (Å²) in [6, 6.07) is 13.0. The molecule has 1 amide bonds. The highest BCUT2D eigenvalue weighted by atomic mass is 32.2. The van der Waals surface area contributed by atoms with Crippen LogP contribution in [0.25, 0.3) is 0 Å². The fourth-order valence-corrected chi connectivity index (χ4v) is 7.41. The number of rotatable bonds is 8. The normalized spacial score (nSPS) is 20.8. The highest BCUT2D eigenvalue weighted by Gasteiger charge is 2.60. The molecule has 10 heteroatoms. The van der Waals surface area contributed by atoms with Crippen molar-refractivity contribution in [3.63, 3.8) is 0 Å². The maximum atomic E-state index is 14.2. The molecule has 2 heterocycles. The van der Waals surface area contributed by atoms with Gasteiger partial charge in [0.05, 0.1) is 17.0 Å². The molecule has 5 rings (SSSR count). The molecule has 0 radical (unpaired) electrons. The number of pyridine rings is 1. The summed E-state index contributed by atoms with van der Waals surface area (Å²) < 4.78 is 64.1. The van der Waals surface area contributed by atoms with Crippen LogP contribution in [0.15, 0.2) is 78.0 Å². The summed E-state index contributed by atoms with van der Waals surface area (Å²) in [6.45, 7) is 2.58. The lowest BCUT2D eigenvalue weighted by atomic mass is 9.90. The van der Waals surface area contributed by atoms with E-state index in [1.807, 2.05) is 19.1 Å². The van der Waals surface area contributed by atoms with Crippen LogP contribution in [-0.4, -0.2) is 46.9 Å². The van der Waals surface area contributed by atoms with E-state index in [4.69, 9.17) is 4.74 Å². The number of amides is 1. The maximum absolute atomic E-state index is 14.2. The zero-order valence-electron chi connectivity index (χ0n) is 21.7. The number of sulfonamides is 1. The molecular weight excluding hydrogens is 524 g/mol. The Morgan fingerprint density at radius 2 is 1.74 bits per heavy atom. The summed E-state index contributed by atoms with van der Waals surface area (Å²) in [5.74, 6) is -1.14. The molecule has 1 aliphatic carbocycles. The molecule has 0 bridgehead atoms. The first-order valence-electron chi connectivity index (χ1n) is 13.1. The van der Waals surface area contributed by atoms with E-state index in [1.54, 1.807) is 29.4 Å². The number of piperidine rings is 1. The molecular formula is C29H31F2N3O4S. The quantitative estimate of drug-likeness (QED) is 0.349. The molecule has 1 aromatic heterocycles. The fourth-order valence-electron chi connectivity index (χ4n) is 5.46. The van der Waals surface area contributed by atoms with Crippen LogP contribution in [-0.2, 0) is 21.3 Å². The van der Waals surface area contributed by atoms with Crippen LogP contribution in [0, 0.1) is 11.6 Å². The van der Waals surface area contributed by atoms with Gasteiger partial charge in [-0.15, -0.1) is 0 Å². The summed E-state index contributed by atoms with van der Waals surface area (Å²) in [7, 11) is -4.24. The van der Waals surface area contributed by atoms with Gasteiger partial charge in [0.1, 0.15) is 17.2 Å².